The Bertz CT molecular complexity index is 1270. The second-order valence-corrected chi connectivity index (χ2v) is 10.9. The maximum Gasteiger partial charge on any atom is 0.229 e. The van der Waals surface area contributed by atoms with Gasteiger partial charge in [-0.2, -0.15) is 11.3 Å². The van der Waals surface area contributed by atoms with Gasteiger partial charge in [0.05, 0.1) is 17.0 Å². The summed E-state index contributed by atoms with van der Waals surface area (Å²) in [7, 11) is -3.53. The number of carbonyl (C=O) groups is 1. The molecule has 1 saturated heterocycles. The third-order valence-corrected chi connectivity index (χ3v) is 7.35. The number of sulfone groups is 1. The topological polar surface area (TPSA) is 98.7 Å². The fourth-order valence-corrected chi connectivity index (χ4v) is 4.89. The first-order valence-corrected chi connectivity index (χ1v) is 13.5. The van der Waals surface area contributed by atoms with Crippen LogP contribution in [0.2, 0.25) is 0 Å². The first-order chi connectivity index (χ1) is 16.2. The standard InChI is InChI=1S/C23H24FN3O5S2/c1-15-22(31-17-5-8-27(9-6-17)12-20(28)16-7-10-33-13-16)25-14-26-23(15)32-21-4-3-18(11-19(21)24)34(2,29)30/h3-4,7,10-11,13-14,17H,5-6,8-9,12H2,1-2H3. The summed E-state index contributed by atoms with van der Waals surface area (Å²) in [4.78, 5) is 22.6. The third-order valence-electron chi connectivity index (χ3n) is 5.55. The molecule has 2 aromatic heterocycles. The molecule has 0 aliphatic carbocycles. The molecule has 1 aliphatic rings. The highest BCUT2D eigenvalue weighted by Crippen LogP contribution is 2.31. The van der Waals surface area contributed by atoms with Crippen LogP contribution in [0.25, 0.3) is 0 Å². The van der Waals surface area contributed by atoms with Crippen molar-refractivity contribution in [3.8, 4) is 17.5 Å². The van der Waals surface area contributed by atoms with Crippen LogP contribution in [0.3, 0.4) is 0 Å². The van der Waals surface area contributed by atoms with Gasteiger partial charge in [-0.1, -0.05) is 0 Å². The number of piperidine rings is 1. The van der Waals surface area contributed by atoms with Crippen LogP contribution in [0.15, 0.2) is 46.2 Å². The Labute approximate surface area is 201 Å². The van der Waals surface area contributed by atoms with E-state index >= 15 is 0 Å². The van der Waals surface area contributed by atoms with Crippen LogP contribution in [0.5, 0.6) is 17.5 Å². The Morgan fingerprint density at radius 3 is 2.59 bits per heavy atom. The van der Waals surface area contributed by atoms with E-state index in [1.807, 2.05) is 16.8 Å². The lowest BCUT2D eigenvalue weighted by Gasteiger charge is -2.31. The number of rotatable bonds is 8. The largest absolute Gasteiger partial charge is 0.474 e. The Kier molecular flexibility index (Phi) is 7.24. The summed E-state index contributed by atoms with van der Waals surface area (Å²) in [6.45, 7) is 3.55. The molecule has 1 fully saturated rings. The Balaban J connectivity index is 1.37. The zero-order valence-corrected chi connectivity index (χ0v) is 20.4. The van der Waals surface area contributed by atoms with Crippen molar-refractivity contribution in [3.63, 3.8) is 0 Å². The molecule has 11 heteroatoms. The van der Waals surface area contributed by atoms with Gasteiger partial charge in [0, 0.05) is 30.3 Å². The van der Waals surface area contributed by atoms with Gasteiger partial charge in [0.15, 0.2) is 27.2 Å². The van der Waals surface area contributed by atoms with Crippen molar-refractivity contribution in [3.05, 3.63) is 58.3 Å². The highest BCUT2D eigenvalue weighted by molar-refractivity contribution is 7.90. The number of hydrogen-bond acceptors (Lipinski definition) is 9. The number of benzene rings is 1. The second kappa shape index (κ2) is 10.2. The van der Waals surface area contributed by atoms with Gasteiger partial charge in [-0.05, 0) is 49.4 Å². The normalized spacial score (nSPS) is 15.3. The Hall–Kier alpha value is -2.89. The van der Waals surface area contributed by atoms with Gasteiger partial charge in [0.2, 0.25) is 11.8 Å². The predicted octanol–water partition coefficient (Wildman–Crippen LogP) is 3.91. The van der Waals surface area contributed by atoms with Crippen LogP contribution < -0.4 is 9.47 Å². The molecule has 0 spiro atoms. The minimum absolute atomic E-state index is 0.0836. The average Bonchev–Trinajstić information content (AvgIpc) is 3.33. The van der Waals surface area contributed by atoms with Crippen molar-refractivity contribution in [2.45, 2.75) is 30.8 Å². The van der Waals surface area contributed by atoms with Gasteiger partial charge in [-0.3, -0.25) is 9.69 Å². The minimum atomic E-state index is -3.53. The number of Topliss-reactive ketones (excluding diaryl/α,β-unsaturated/α-hetero) is 1. The first kappa shape index (κ1) is 24.2. The van der Waals surface area contributed by atoms with Crippen molar-refractivity contribution < 1.29 is 27.1 Å². The van der Waals surface area contributed by atoms with E-state index < -0.39 is 15.7 Å². The fourth-order valence-electron chi connectivity index (χ4n) is 3.60. The number of nitrogens with zero attached hydrogens (tertiary/aromatic N) is 3. The van der Waals surface area contributed by atoms with Crippen molar-refractivity contribution in [2.75, 3.05) is 25.9 Å². The maximum atomic E-state index is 14.4. The van der Waals surface area contributed by atoms with Crippen molar-refractivity contribution in [1.29, 1.82) is 0 Å². The first-order valence-electron chi connectivity index (χ1n) is 10.6. The molecule has 0 N–H and O–H groups in total. The number of ether oxygens (including phenoxy) is 2. The molecular weight excluding hydrogens is 481 g/mol. The molecule has 0 atom stereocenters. The number of halogens is 1. The Morgan fingerprint density at radius 1 is 1.21 bits per heavy atom. The summed E-state index contributed by atoms with van der Waals surface area (Å²) >= 11 is 1.51. The van der Waals surface area contributed by atoms with Crippen LogP contribution in [-0.2, 0) is 9.84 Å². The summed E-state index contributed by atoms with van der Waals surface area (Å²) in [5.74, 6) is -0.386. The van der Waals surface area contributed by atoms with Crippen LogP contribution in [0.4, 0.5) is 4.39 Å². The van der Waals surface area contributed by atoms with E-state index in [1.54, 1.807) is 6.92 Å². The lowest BCUT2D eigenvalue weighted by atomic mass is 10.1. The molecule has 8 nitrogen and oxygen atoms in total. The minimum Gasteiger partial charge on any atom is -0.474 e. The van der Waals surface area contributed by atoms with Gasteiger partial charge in [-0.15, -0.1) is 0 Å². The van der Waals surface area contributed by atoms with Crippen molar-refractivity contribution >= 4 is 27.0 Å². The van der Waals surface area contributed by atoms with E-state index in [0.29, 0.717) is 18.0 Å². The van der Waals surface area contributed by atoms with Gasteiger partial charge in [0.1, 0.15) is 12.4 Å². The van der Waals surface area contributed by atoms with E-state index in [0.717, 1.165) is 43.8 Å². The predicted molar refractivity (Wildman–Crippen MR) is 125 cm³/mol. The molecule has 0 amide bonds. The molecule has 34 heavy (non-hydrogen) atoms. The van der Waals surface area contributed by atoms with Crippen LogP contribution >= 0.6 is 11.3 Å². The number of hydrogen-bond donors (Lipinski definition) is 0. The van der Waals surface area contributed by atoms with Gasteiger partial charge in [-0.25, -0.2) is 22.8 Å². The summed E-state index contributed by atoms with van der Waals surface area (Å²) in [6, 6.07) is 5.28. The molecule has 1 aliphatic heterocycles. The smallest absolute Gasteiger partial charge is 0.229 e. The third kappa shape index (κ3) is 5.78. The van der Waals surface area contributed by atoms with Crippen LogP contribution in [0, 0.1) is 12.7 Å². The van der Waals surface area contributed by atoms with E-state index in [9.17, 15) is 17.6 Å². The molecule has 1 aromatic carbocycles. The Morgan fingerprint density at radius 2 is 1.94 bits per heavy atom. The molecule has 3 aromatic rings. The summed E-state index contributed by atoms with van der Waals surface area (Å²) in [6.07, 6.45) is 3.66. The molecule has 0 unspecified atom stereocenters. The number of ketones is 1. The van der Waals surface area contributed by atoms with Crippen molar-refractivity contribution in [1.82, 2.24) is 14.9 Å². The van der Waals surface area contributed by atoms with Crippen LogP contribution in [0.1, 0.15) is 28.8 Å². The molecule has 0 bridgehead atoms. The molecule has 0 saturated carbocycles. The zero-order chi connectivity index (χ0) is 24.3. The number of aromatic nitrogens is 2. The number of thiophene rings is 1. The van der Waals surface area contributed by atoms with E-state index in [4.69, 9.17) is 9.47 Å². The lowest BCUT2D eigenvalue weighted by Crippen LogP contribution is -2.40. The molecule has 3 heterocycles. The lowest BCUT2D eigenvalue weighted by molar-refractivity contribution is 0.0775. The molecule has 180 valence electrons. The molecule has 4 rings (SSSR count). The van der Waals surface area contributed by atoms with Gasteiger partial charge in [0.25, 0.3) is 0 Å². The number of likely N-dealkylation sites (tertiary alicyclic amines) is 1. The van der Waals surface area contributed by atoms with E-state index in [1.165, 1.54) is 29.8 Å². The van der Waals surface area contributed by atoms with Crippen molar-refractivity contribution in [2.24, 2.45) is 0 Å². The summed E-state index contributed by atoms with van der Waals surface area (Å²) in [5, 5.41) is 3.76. The number of carbonyl (C=O) groups excluding carboxylic acids is 1. The van der Waals surface area contributed by atoms with Gasteiger partial charge < -0.3 is 9.47 Å². The molecular formula is C23H24FN3O5S2. The highest BCUT2D eigenvalue weighted by atomic mass is 32.2. The SMILES string of the molecule is Cc1c(Oc2ccc(S(C)(=O)=O)cc2F)ncnc1OC1CCN(CC(=O)c2ccsc2)CC1. The van der Waals surface area contributed by atoms with E-state index in [-0.39, 0.29) is 28.4 Å². The fraction of sp³-hybridized carbons (Fsp3) is 0.348. The summed E-state index contributed by atoms with van der Waals surface area (Å²) in [5.41, 5.74) is 1.25. The highest BCUT2D eigenvalue weighted by Gasteiger charge is 2.24. The quantitative estimate of drug-likeness (QED) is 0.425. The zero-order valence-electron chi connectivity index (χ0n) is 18.7. The monoisotopic (exact) mass is 505 g/mol. The summed E-state index contributed by atoms with van der Waals surface area (Å²) < 4.78 is 49.3. The average molecular weight is 506 g/mol. The van der Waals surface area contributed by atoms with Crippen LogP contribution in [-0.4, -0.2) is 61.1 Å². The molecule has 0 radical (unpaired) electrons. The maximum absolute atomic E-state index is 14.4. The van der Waals surface area contributed by atoms with Gasteiger partial charge >= 0.3 is 0 Å². The van der Waals surface area contributed by atoms with E-state index in [2.05, 4.69) is 14.9 Å². The second-order valence-electron chi connectivity index (χ2n) is 8.10.